The van der Waals surface area contributed by atoms with Crippen LogP contribution in [0, 0.1) is 0 Å². The zero-order valence-corrected chi connectivity index (χ0v) is 13.2. The Labute approximate surface area is 138 Å². The van der Waals surface area contributed by atoms with Gasteiger partial charge in [-0.2, -0.15) is 13.2 Å². The highest BCUT2D eigenvalue weighted by molar-refractivity contribution is 6.31. The zero-order chi connectivity index (χ0) is 15.5. The molecule has 1 fully saturated rings. The zero-order valence-electron chi connectivity index (χ0n) is 11.7. The molecule has 1 aliphatic heterocycles. The van der Waals surface area contributed by atoms with E-state index in [1.807, 2.05) is 0 Å². The normalized spacial score (nSPS) is 17.9. The van der Waals surface area contributed by atoms with Gasteiger partial charge in [-0.25, -0.2) is 0 Å². The molecule has 1 unspecified atom stereocenters. The van der Waals surface area contributed by atoms with E-state index in [0.29, 0.717) is 12.5 Å². The molecule has 2 rings (SSSR count). The summed E-state index contributed by atoms with van der Waals surface area (Å²) in [5.74, 6) is -0.292. The van der Waals surface area contributed by atoms with Crippen molar-refractivity contribution < 1.29 is 18.0 Å². The lowest BCUT2D eigenvalue weighted by atomic mass is 10.1. The average molecular weight is 357 g/mol. The van der Waals surface area contributed by atoms with Crippen molar-refractivity contribution in [3.05, 3.63) is 28.8 Å². The molecule has 22 heavy (non-hydrogen) atoms. The quantitative estimate of drug-likeness (QED) is 0.846. The number of halogens is 5. The van der Waals surface area contributed by atoms with E-state index in [1.165, 1.54) is 6.07 Å². The maximum absolute atomic E-state index is 12.7. The standard InChI is InChI=1S/C14H16ClF3N2O.ClH/c15-12-5-3-10(8-11(12)14(16,17)18)20-13(21)6-4-9-2-1-7-19-9;/h3,5,8-9,19H,1-2,4,6-7H2,(H,20,21);1H. The van der Waals surface area contributed by atoms with E-state index in [-0.39, 0.29) is 35.4 Å². The van der Waals surface area contributed by atoms with E-state index in [2.05, 4.69) is 10.6 Å². The number of rotatable bonds is 4. The third kappa shape index (κ3) is 5.34. The number of nitrogens with one attached hydrogen (secondary N) is 2. The summed E-state index contributed by atoms with van der Waals surface area (Å²) in [4.78, 5) is 11.8. The minimum Gasteiger partial charge on any atom is -0.326 e. The lowest BCUT2D eigenvalue weighted by molar-refractivity contribution is -0.137. The molecule has 0 bridgehead atoms. The molecule has 0 saturated carbocycles. The van der Waals surface area contributed by atoms with Gasteiger partial charge in [0.25, 0.3) is 0 Å². The Morgan fingerprint density at radius 3 is 2.73 bits per heavy atom. The van der Waals surface area contributed by atoms with Crippen molar-refractivity contribution in [2.45, 2.75) is 37.9 Å². The summed E-state index contributed by atoms with van der Waals surface area (Å²) in [6, 6.07) is 3.68. The van der Waals surface area contributed by atoms with E-state index >= 15 is 0 Å². The molecular weight excluding hydrogens is 340 g/mol. The molecule has 0 radical (unpaired) electrons. The van der Waals surface area contributed by atoms with Gasteiger partial charge in [-0.3, -0.25) is 4.79 Å². The SMILES string of the molecule is Cl.O=C(CCC1CCCN1)Nc1ccc(Cl)c(C(F)(F)F)c1. The Hall–Kier alpha value is -0.980. The van der Waals surface area contributed by atoms with Crippen LogP contribution in [0.3, 0.4) is 0 Å². The number of carbonyl (C=O) groups is 1. The number of carbonyl (C=O) groups excluding carboxylic acids is 1. The van der Waals surface area contributed by atoms with E-state index < -0.39 is 11.7 Å². The van der Waals surface area contributed by atoms with Crippen LogP contribution >= 0.6 is 24.0 Å². The lowest BCUT2D eigenvalue weighted by Gasteiger charge is -2.13. The van der Waals surface area contributed by atoms with Gasteiger partial charge in [-0.05, 0) is 44.0 Å². The third-order valence-corrected chi connectivity index (χ3v) is 3.77. The Morgan fingerprint density at radius 2 is 2.14 bits per heavy atom. The molecule has 3 nitrogen and oxygen atoms in total. The van der Waals surface area contributed by atoms with Crippen molar-refractivity contribution in [3.63, 3.8) is 0 Å². The van der Waals surface area contributed by atoms with Gasteiger partial charge in [-0.1, -0.05) is 11.6 Å². The Kier molecular flexibility index (Phi) is 6.97. The van der Waals surface area contributed by atoms with Crippen LogP contribution < -0.4 is 10.6 Å². The summed E-state index contributed by atoms with van der Waals surface area (Å²) < 4.78 is 38.1. The van der Waals surface area contributed by atoms with Crippen LogP contribution in [-0.4, -0.2) is 18.5 Å². The molecular formula is C14H17Cl2F3N2O. The van der Waals surface area contributed by atoms with Gasteiger partial charge in [0.05, 0.1) is 10.6 Å². The van der Waals surface area contributed by atoms with Crippen LogP contribution in [0.2, 0.25) is 5.02 Å². The van der Waals surface area contributed by atoms with Gasteiger partial charge in [0.1, 0.15) is 0 Å². The van der Waals surface area contributed by atoms with Crippen molar-refractivity contribution in [1.82, 2.24) is 5.32 Å². The third-order valence-electron chi connectivity index (χ3n) is 3.44. The summed E-state index contributed by atoms with van der Waals surface area (Å²) in [5, 5.41) is 5.37. The maximum Gasteiger partial charge on any atom is 0.417 e. The van der Waals surface area contributed by atoms with Gasteiger partial charge < -0.3 is 10.6 Å². The van der Waals surface area contributed by atoms with Crippen LogP contribution in [0.5, 0.6) is 0 Å². The van der Waals surface area contributed by atoms with Crippen molar-refractivity contribution in [2.75, 3.05) is 11.9 Å². The van der Waals surface area contributed by atoms with Crippen LogP contribution in [-0.2, 0) is 11.0 Å². The number of benzene rings is 1. The summed E-state index contributed by atoms with van der Waals surface area (Å²) in [5.41, 5.74) is -0.837. The molecule has 0 aromatic heterocycles. The van der Waals surface area contributed by atoms with Gasteiger partial charge in [0.2, 0.25) is 5.91 Å². The van der Waals surface area contributed by atoms with Crippen molar-refractivity contribution in [3.8, 4) is 0 Å². The van der Waals surface area contributed by atoms with Crippen LogP contribution in [0.4, 0.5) is 18.9 Å². The van der Waals surface area contributed by atoms with Crippen molar-refractivity contribution in [2.24, 2.45) is 0 Å². The molecule has 1 saturated heterocycles. The first-order valence-corrected chi connectivity index (χ1v) is 7.14. The topological polar surface area (TPSA) is 41.1 Å². The summed E-state index contributed by atoms with van der Waals surface area (Å²) >= 11 is 5.52. The van der Waals surface area contributed by atoms with E-state index in [9.17, 15) is 18.0 Å². The fourth-order valence-corrected chi connectivity index (χ4v) is 2.58. The molecule has 1 aromatic rings. The van der Waals surface area contributed by atoms with E-state index in [1.54, 1.807) is 0 Å². The molecule has 0 spiro atoms. The molecule has 1 amide bonds. The molecule has 1 heterocycles. The second-order valence-electron chi connectivity index (χ2n) is 5.07. The number of hydrogen-bond donors (Lipinski definition) is 2. The number of anilines is 1. The first-order valence-electron chi connectivity index (χ1n) is 6.76. The molecule has 2 N–H and O–H groups in total. The monoisotopic (exact) mass is 356 g/mol. The van der Waals surface area contributed by atoms with Gasteiger partial charge in [-0.15, -0.1) is 12.4 Å². The molecule has 1 aliphatic rings. The number of amides is 1. The first-order chi connectivity index (χ1) is 9.86. The fraction of sp³-hybridized carbons (Fsp3) is 0.500. The van der Waals surface area contributed by atoms with Gasteiger partial charge in [0, 0.05) is 18.2 Å². The lowest BCUT2D eigenvalue weighted by Crippen LogP contribution is -2.23. The van der Waals surface area contributed by atoms with Crippen molar-refractivity contribution in [1.29, 1.82) is 0 Å². The average Bonchev–Trinajstić information content (AvgIpc) is 2.90. The predicted octanol–water partition coefficient (Wildman–Crippen LogP) is 4.25. The molecule has 1 atom stereocenters. The highest BCUT2D eigenvalue weighted by atomic mass is 35.5. The van der Waals surface area contributed by atoms with E-state index in [0.717, 1.165) is 31.5 Å². The second-order valence-corrected chi connectivity index (χ2v) is 5.48. The summed E-state index contributed by atoms with van der Waals surface area (Å²) in [7, 11) is 0. The Bertz CT molecular complexity index is 517. The van der Waals surface area contributed by atoms with Crippen LogP contribution in [0.25, 0.3) is 0 Å². The Morgan fingerprint density at radius 1 is 1.41 bits per heavy atom. The number of alkyl halides is 3. The minimum absolute atomic E-state index is 0. The molecule has 0 aliphatic carbocycles. The smallest absolute Gasteiger partial charge is 0.326 e. The highest BCUT2D eigenvalue weighted by Crippen LogP contribution is 2.36. The fourth-order valence-electron chi connectivity index (χ4n) is 2.35. The predicted molar refractivity (Wildman–Crippen MR) is 82.6 cm³/mol. The van der Waals surface area contributed by atoms with Crippen LogP contribution in [0.1, 0.15) is 31.2 Å². The highest BCUT2D eigenvalue weighted by Gasteiger charge is 2.33. The second kappa shape index (κ2) is 8.04. The van der Waals surface area contributed by atoms with Crippen molar-refractivity contribution >= 4 is 35.6 Å². The maximum atomic E-state index is 12.7. The van der Waals surface area contributed by atoms with Crippen LogP contribution in [0.15, 0.2) is 18.2 Å². The number of hydrogen-bond acceptors (Lipinski definition) is 2. The summed E-state index contributed by atoms with van der Waals surface area (Å²) in [6.07, 6.45) is -1.44. The molecule has 124 valence electrons. The minimum atomic E-state index is -4.54. The summed E-state index contributed by atoms with van der Waals surface area (Å²) in [6.45, 7) is 0.957. The van der Waals surface area contributed by atoms with E-state index in [4.69, 9.17) is 11.6 Å². The van der Waals surface area contributed by atoms with Gasteiger partial charge in [0.15, 0.2) is 0 Å². The Balaban J connectivity index is 0.00000242. The van der Waals surface area contributed by atoms with Gasteiger partial charge >= 0.3 is 6.18 Å². The molecule has 8 heteroatoms. The largest absolute Gasteiger partial charge is 0.417 e. The first kappa shape index (κ1) is 19.1. The molecule has 1 aromatic carbocycles.